The summed E-state index contributed by atoms with van der Waals surface area (Å²) in [6, 6.07) is 0.506. The molecule has 0 saturated carbocycles. The molecule has 0 radical (unpaired) electrons. The second-order valence-electron chi connectivity index (χ2n) is 6.01. The molecule has 1 rings (SSSR count). The summed E-state index contributed by atoms with van der Waals surface area (Å²) >= 11 is 0. The zero-order valence-corrected chi connectivity index (χ0v) is 10.9. The van der Waals surface area contributed by atoms with Crippen LogP contribution in [0, 0.1) is 5.41 Å². The van der Waals surface area contributed by atoms with Crippen molar-refractivity contribution in [3.63, 3.8) is 0 Å². The van der Waals surface area contributed by atoms with E-state index in [-0.39, 0.29) is 5.91 Å². The summed E-state index contributed by atoms with van der Waals surface area (Å²) in [7, 11) is 0. The Morgan fingerprint density at radius 1 is 1.44 bits per heavy atom. The van der Waals surface area contributed by atoms with Crippen molar-refractivity contribution in [2.45, 2.75) is 58.9 Å². The molecule has 0 aromatic heterocycles. The Bertz CT molecular complexity index is 214. The quantitative estimate of drug-likeness (QED) is 0.753. The topological polar surface area (TPSA) is 41.1 Å². The van der Waals surface area contributed by atoms with E-state index in [1.54, 1.807) is 0 Å². The Hall–Kier alpha value is -0.570. The van der Waals surface area contributed by atoms with E-state index in [9.17, 15) is 4.79 Å². The lowest BCUT2D eigenvalue weighted by Crippen LogP contribution is -2.37. The van der Waals surface area contributed by atoms with E-state index in [0.717, 1.165) is 25.9 Å². The largest absolute Gasteiger partial charge is 0.355 e. The van der Waals surface area contributed by atoms with Gasteiger partial charge in [-0.25, -0.2) is 0 Å². The van der Waals surface area contributed by atoms with E-state index in [1.165, 1.54) is 12.8 Å². The van der Waals surface area contributed by atoms with Crippen LogP contribution >= 0.6 is 0 Å². The van der Waals surface area contributed by atoms with E-state index in [0.29, 0.717) is 17.9 Å². The predicted octanol–water partition coefficient (Wildman–Crippen LogP) is 2.07. The number of carbonyl (C=O) groups excluding carboxylic acids is 1. The van der Waals surface area contributed by atoms with Crippen LogP contribution in [0.3, 0.4) is 0 Å². The average Bonchev–Trinajstić information content (AvgIpc) is 2.65. The molecular formula is C13H26N2O. The minimum Gasteiger partial charge on any atom is -0.355 e. The van der Waals surface area contributed by atoms with Crippen molar-refractivity contribution in [1.29, 1.82) is 0 Å². The van der Waals surface area contributed by atoms with Gasteiger partial charge in [-0.15, -0.1) is 0 Å². The molecule has 1 fully saturated rings. The van der Waals surface area contributed by atoms with Crippen LogP contribution < -0.4 is 10.6 Å². The van der Waals surface area contributed by atoms with Crippen LogP contribution in [0.1, 0.15) is 52.9 Å². The van der Waals surface area contributed by atoms with Gasteiger partial charge in [-0.05, 0) is 37.6 Å². The molecule has 0 unspecified atom stereocenters. The number of nitrogens with one attached hydrogen (secondary N) is 2. The molecular weight excluding hydrogens is 200 g/mol. The van der Waals surface area contributed by atoms with Crippen molar-refractivity contribution in [2.75, 3.05) is 13.1 Å². The first kappa shape index (κ1) is 13.5. The van der Waals surface area contributed by atoms with Gasteiger partial charge in [0.05, 0.1) is 0 Å². The Labute approximate surface area is 99.4 Å². The SMILES string of the molecule is CC(C)(C)CCCC(=O)NC[C@H]1CCCN1. The lowest BCUT2D eigenvalue weighted by atomic mass is 9.90. The number of amides is 1. The fourth-order valence-electron chi connectivity index (χ4n) is 2.04. The van der Waals surface area contributed by atoms with Crippen molar-refractivity contribution in [2.24, 2.45) is 5.41 Å². The highest BCUT2D eigenvalue weighted by molar-refractivity contribution is 5.75. The Balaban J connectivity index is 2.02. The number of rotatable bonds is 5. The monoisotopic (exact) mass is 226 g/mol. The summed E-state index contributed by atoms with van der Waals surface area (Å²) in [6.45, 7) is 8.55. The first-order valence-corrected chi connectivity index (χ1v) is 6.47. The number of carbonyl (C=O) groups is 1. The molecule has 0 spiro atoms. The maximum atomic E-state index is 11.5. The molecule has 0 aliphatic carbocycles. The number of hydrogen-bond donors (Lipinski definition) is 2. The Morgan fingerprint density at radius 2 is 2.19 bits per heavy atom. The minimum atomic E-state index is 0.206. The second kappa shape index (κ2) is 6.24. The van der Waals surface area contributed by atoms with E-state index < -0.39 is 0 Å². The third-order valence-corrected chi connectivity index (χ3v) is 3.04. The molecule has 3 heteroatoms. The maximum absolute atomic E-state index is 11.5. The Morgan fingerprint density at radius 3 is 2.75 bits per heavy atom. The summed E-state index contributed by atoms with van der Waals surface area (Å²) in [5.41, 5.74) is 0.341. The van der Waals surface area contributed by atoms with Gasteiger partial charge in [-0.1, -0.05) is 20.8 Å². The minimum absolute atomic E-state index is 0.206. The standard InChI is InChI=1S/C13H26N2O/c1-13(2,3)8-4-7-12(16)15-10-11-6-5-9-14-11/h11,14H,4-10H2,1-3H3,(H,15,16)/t11-/m1/s1. The zero-order valence-electron chi connectivity index (χ0n) is 10.9. The summed E-state index contributed by atoms with van der Waals surface area (Å²) in [5.74, 6) is 0.206. The highest BCUT2D eigenvalue weighted by Crippen LogP contribution is 2.21. The molecule has 2 N–H and O–H groups in total. The molecule has 1 heterocycles. The first-order chi connectivity index (χ1) is 7.47. The lowest BCUT2D eigenvalue weighted by Gasteiger charge is -2.17. The third-order valence-electron chi connectivity index (χ3n) is 3.04. The Kier molecular flexibility index (Phi) is 5.26. The second-order valence-corrected chi connectivity index (χ2v) is 6.01. The highest BCUT2D eigenvalue weighted by Gasteiger charge is 2.15. The molecule has 1 aliphatic heterocycles. The smallest absolute Gasteiger partial charge is 0.220 e. The van der Waals surface area contributed by atoms with Crippen LogP contribution in [-0.2, 0) is 4.79 Å². The van der Waals surface area contributed by atoms with Crippen molar-refractivity contribution in [3.8, 4) is 0 Å². The molecule has 3 nitrogen and oxygen atoms in total. The first-order valence-electron chi connectivity index (χ1n) is 6.47. The molecule has 16 heavy (non-hydrogen) atoms. The molecule has 94 valence electrons. The molecule has 1 atom stereocenters. The number of hydrogen-bond acceptors (Lipinski definition) is 2. The summed E-state index contributed by atoms with van der Waals surface area (Å²) in [6.07, 6.45) is 5.21. The van der Waals surface area contributed by atoms with Gasteiger partial charge in [0.2, 0.25) is 5.91 Å². The fraction of sp³-hybridized carbons (Fsp3) is 0.923. The van der Waals surface area contributed by atoms with E-state index >= 15 is 0 Å². The van der Waals surface area contributed by atoms with Crippen molar-refractivity contribution < 1.29 is 4.79 Å². The molecule has 1 saturated heterocycles. The van der Waals surface area contributed by atoms with Crippen LogP contribution in [-0.4, -0.2) is 25.0 Å². The molecule has 1 aliphatic rings. The summed E-state index contributed by atoms with van der Waals surface area (Å²) in [5, 5.41) is 6.39. The van der Waals surface area contributed by atoms with Crippen LogP contribution in [0.15, 0.2) is 0 Å². The van der Waals surface area contributed by atoms with Gasteiger partial charge in [0.15, 0.2) is 0 Å². The third kappa shape index (κ3) is 6.11. The van der Waals surface area contributed by atoms with Crippen LogP contribution in [0.5, 0.6) is 0 Å². The van der Waals surface area contributed by atoms with Gasteiger partial charge in [0.1, 0.15) is 0 Å². The zero-order chi connectivity index (χ0) is 12.0. The van der Waals surface area contributed by atoms with Crippen molar-refractivity contribution in [3.05, 3.63) is 0 Å². The van der Waals surface area contributed by atoms with E-state index in [2.05, 4.69) is 31.4 Å². The molecule has 0 aromatic rings. The fourth-order valence-corrected chi connectivity index (χ4v) is 2.04. The van der Waals surface area contributed by atoms with Gasteiger partial charge < -0.3 is 10.6 Å². The predicted molar refractivity (Wildman–Crippen MR) is 67.3 cm³/mol. The lowest BCUT2D eigenvalue weighted by molar-refractivity contribution is -0.121. The van der Waals surface area contributed by atoms with Gasteiger partial charge in [0, 0.05) is 19.0 Å². The van der Waals surface area contributed by atoms with Gasteiger partial charge in [0.25, 0.3) is 0 Å². The maximum Gasteiger partial charge on any atom is 0.220 e. The van der Waals surface area contributed by atoms with E-state index in [4.69, 9.17) is 0 Å². The van der Waals surface area contributed by atoms with E-state index in [1.807, 2.05) is 0 Å². The molecule has 0 bridgehead atoms. The summed E-state index contributed by atoms with van der Waals surface area (Å²) in [4.78, 5) is 11.5. The van der Waals surface area contributed by atoms with Crippen LogP contribution in [0.4, 0.5) is 0 Å². The highest BCUT2D eigenvalue weighted by atomic mass is 16.1. The van der Waals surface area contributed by atoms with Crippen LogP contribution in [0.2, 0.25) is 0 Å². The van der Waals surface area contributed by atoms with Gasteiger partial charge in [-0.3, -0.25) is 4.79 Å². The normalized spacial score (nSPS) is 21.1. The molecule has 0 aromatic carbocycles. The summed E-state index contributed by atoms with van der Waals surface area (Å²) < 4.78 is 0. The van der Waals surface area contributed by atoms with Gasteiger partial charge in [-0.2, -0.15) is 0 Å². The van der Waals surface area contributed by atoms with Crippen molar-refractivity contribution in [1.82, 2.24) is 10.6 Å². The molecule has 1 amide bonds. The van der Waals surface area contributed by atoms with Gasteiger partial charge >= 0.3 is 0 Å². The van der Waals surface area contributed by atoms with Crippen LogP contribution in [0.25, 0.3) is 0 Å². The van der Waals surface area contributed by atoms with Crippen molar-refractivity contribution >= 4 is 5.91 Å². The average molecular weight is 226 g/mol.